The number of aliphatic imine (C=N–C) groups is 1. The Hall–Kier alpha value is -4.70. The standard InChI is InChI=1S/C28H37N9O4/c1-40-21-12-20(13-22(14-21)41-2)34-26-23(25(32)38)24(31)37(10-7-29)28(35-26)33-16-18-5-8-36(9-6-18)27(39)19(15-30)11-17-3-4-17/h7,10-14,17-18,24,34H,3-6,8-9,16,29,31H2,1-2H3,(H2,32,38)(H,33,35)/b10-7-,19-11-. The Morgan fingerprint density at radius 2 is 1.83 bits per heavy atom. The van der Waals surface area contributed by atoms with Crippen molar-refractivity contribution in [2.24, 2.45) is 34.0 Å². The Bertz CT molecular complexity index is 1300. The van der Waals surface area contributed by atoms with Crippen LogP contribution in [0, 0.1) is 23.2 Å². The number of amides is 2. The lowest BCUT2D eigenvalue weighted by Crippen LogP contribution is -2.57. The molecule has 218 valence electrons. The van der Waals surface area contributed by atoms with E-state index in [-0.39, 0.29) is 28.8 Å². The van der Waals surface area contributed by atoms with Crippen LogP contribution in [0.15, 0.2) is 58.6 Å². The Morgan fingerprint density at radius 1 is 1.17 bits per heavy atom. The van der Waals surface area contributed by atoms with Gasteiger partial charge in [-0.3, -0.25) is 19.5 Å². The van der Waals surface area contributed by atoms with Gasteiger partial charge in [0.25, 0.3) is 11.8 Å². The SMILES string of the molecule is COc1cc(NC2=C(C(N)=O)C(N)N(/C=C\N)C(=NCC3CCN(C(=O)/C(C#N)=C\C4CC4)CC3)N2)cc(OC)c1. The molecular weight excluding hydrogens is 526 g/mol. The Balaban J connectivity index is 1.50. The molecule has 8 N–H and O–H groups in total. The smallest absolute Gasteiger partial charge is 0.264 e. The van der Waals surface area contributed by atoms with Gasteiger partial charge in [-0.05, 0) is 37.5 Å². The number of anilines is 1. The lowest BCUT2D eigenvalue weighted by Gasteiger charge is -2.37. The van der Waals surface area contributed by atoms with Gasteiger partial charge in [-0.25, -0.2) is 0 Å². The summed E-state index contributed by atoms with van der Waals surface area (Å²) in [7, 11) is 3.08. The molecule has 4 rings (SSSR count). The number of carbonyl (C=O) groups excluding carboxylic acids is 2. The fourth-order valence-electron chi connectivity index (χ4n) is 4.79. The van der Waals surface area contributed by atoms with Crippen LogP contribution in [-0.2, 0) is 9.59 Å². The van der Waals surface area contributed by atoms with Crippen LogP contribution in [-0.4, -0.2) is 67.6 Å². The van der Waals surface area contributed by atoms with Crippen LogP contribution in [0.4, 0.5) is 5.69 Å². The molecule has 41 heavy (non-hydrogen) atoms. The minimum Gasteiger partial charge on any atom is -0.497 e. The van der Waals surface area contributed by atoms with Gasteiger partial charge in [-0.1, -0.05) is 6.08 Å². The Morgan fingerprint density at radius 3 is 2.37 bits per heavy atom. The van der Waals surface area contributed by atoms with Crippen molar-refractivity contribution >= 4 is 23.5 Å². The number of rotatable bonds is 10. The second kappa shape index (κ2) is 13.1. The van der Waals surface area contributed by atoms with E-state index in [1.807, 2.05) is 0 Å². The molecule has 1 unspecified atom stereocenters. The number of nitrogens with one attached hydrogen (secondary N) is 2. The average Bonchev–Trinajstić information content (AvgIpc) is 3.80. The maximum absolute atomic E-state index is 12.8. The van der Waals surface area contributed by atoms with E-state index in [2.05, 4.69) is 16.7 Å². The number of hydrogen-bond donors (Lipinski definition) is 5. The van der Waals surface area contributed by atoms with Gasteiger partial charge in [-0.2, -0.15) is 5.26 Å². The van der Waals surface area contributed by atoms with Gasteiger partial charge in [0.1, 0.15) is 35.1 Å². The number of piperidine rings is 1. The van der Waals surface area contributed by atoms with Crippen molar-refractivity contribution in [2.75, 3.05) is 39.2 Å². The van der Waals surface area contributed by atoms with Crippen molar-refractivity contribution in [3.8, 4) is 17.6 Å². The predicted molar refractivity (Wildman–Crippen MR) is 154 cm³/mol. The number of carbonyl (C=O) groups is 2. The number of methoxy groups -OCH3 is 2. The van der Waals surface area contributed by atoms with E-state index in [0.29, 0.717) is 48.7 Å². The van der Waals surface area contributed by atoms with Gasteiger partial charge in [-0.15, -0.1) is 0 Å². The summed E-state index contributed by atoms with van der Waals surface area (Å²) in [6.45, 7) is 1.54. The molecule has 2 heterocycles. The molecule has 0 bridgehead atoms. The highest BCUT2D eigenvalue weighted by molar-refractivity contribution is 5.99. The average molecular weight is 564 g/mol. The second-order valence-electron chi connectivity index (χ2n) is 10.1. The van der Waals surface area contributed by atoms with Crippen molar-refractivity contribution < 1.29 is 19.1 Å². The van der Waals surface area contributed by atoms with Crippen LogP contribution in [0.25, 0.3) is 0 Å². The number of ether oxygens (including phenoxy) is 2. The third kappa shape index (κ3) is 7.09. The number of nitriles is 1. The molecule has 2 fully saturated rings. The van der Waals surface area contributed by atoms with Crippen LogP contribution < -0.4 is 37.3 Å². The summed E-state index contributed by atoms with van der Waals surface area (Å²) in [4.78, 5) is 33.3. The van der Waals surface area contributed by atoms with Gasteiger partial charge in [0, 0.05) is 55.9 Å². The zero-order valence-electron chi connectivity index (χ0n) is 23.3. The molecular formula is C28H37N9O4. The molecule has 1 saturated heterocycles. The number of primary amides is 1. The van der Waals surface area contributed by atoms with Gasteiger partial charge < -0.3 is 42.2 Å². The molecule has 0 aromatic heterocycles. The zero-order valence-corrected chi connectivity index (χ0v) is 23.3. The van der Waals surface area contributed by atoms with Crippen LogP contribution in [0.5, 0.6) is 11.5 Å². The highest BCUT2D eigenvalue weighted by atomic mass is 16.5. The fraction of sp³-hybridized carbons (Fsp3) is 0.429. The molecule has 1 atom stereocenters. The van der Waals surface area contributed by atoms with E-state index < -0.39 is 12.1 Å². The highest BCUT2D eigenvalue weighted by Crippen LogP contribution is 2.32. The van der Waals surface area contributed by atoms with Crippen molar-refractivity contribution in [1.29, 1.82) is 5.26 Å². The van der Waals surface area contributed by atoms with E-state index in [4.69, 9.17) is 31.7 Å². The third-order valence-electron chi connectivity index (χ3n) is 7.26. The number of nitrogens with zero attached hydrogens (tertiary/aromatic N) is 4. The number of likely N-dealkylation sites (tertiary alicyclic amines) is 1. The first-order valence-electron chi connectivity index (χ1n) is 13.5. The van der Waals surface area contributed by atoms with Gasteiger partial charge in [0.05, 0.1) is 19.8 Å². The molecule has 2 amide bonds. The van der Waals surface area contributed by atoms with Gasteiger partial charge >= 0.3 is 0 Å². The fourth-order valence-corrected chi connectivity index (χ4v) is 4.79. The number of benzene rings is 1. The number of nitrogens with two attached hydrogens (primary N) is 3. The van der Waals surface area contributed by atoms with Crippen molar-refractivity contribution in [1.82, 2.24) is 15.1 Å². The molecule has 1 aromatic carbocycles. The van der Waals surface area contributed by atoms with Crippen LogP contribution in [0.3, 0.4) is 0 Å². The summed E-state index contributed by atoms with van der Waals surface area (Å²) in [6.07, 6.45) is 7.20. The monoisotopic (exact) mass is 563 g/mol. The Labute approximate surface area is 239 Å². The van der Waals surface area contributed by atoms with E-state index in [1.54, 1.807) is 29.2 Å². The van der Waals surface area contributed by atoms with E-state index >= 15 is 0 Å². The molecule has 1 saturated carbocycles. The number of hydrogen-bond acceptors (Lipinski definition) is 9. The van der Waals surface area contributed by atoms with Gasteiger partial charge in [0.2, 0.25) is 5.96 Å². The molecule has 0 spiro atoms. The molecule has 1 aromatic rings. The predicted octanol–water partition coefficient (Wildman–Crippen LogP) is 0.887. The maximum atomic E-state index is 12.8. The molecule has 13 heteroatoms. The van der Waals surface area contributed by atoms with E-state index in [0.717, 1.165) is 25.7 Å². The maximum Gasteiger partial charge on any atom is 0.264 e. The van der Waals surface area contributed by atoms with Crippen LogP contribution >= 0.6 is 0 Å². The van der Waals surface area contributed by atoms with Crippen LogP contribution in [0.2, 0.25) is 0 Å². The third-order valence-corrected chi connectivity index (χ3v) is 7.26. The second-order valence-corrected chi connectivity index (χ2v) is 10.1. The topological polar surface area (TPSA) is 197 Å². The molecule has 2 aliphatic heterocycles. The molecule has 13 nitrogen and oxygen atoms in total. The van der Waals surface area contributed by atoms with E-state index in [9.17, 15) is 14.9 Å². The summed E-state index contributed by atoms with van der Waals surface area (Å²) in [5.74, 6) is 1.38. The highest BCUT2D eigenvalue weighted by Gasteiger charge is 2.34. The minimum absolute atomic E-state index is 0.100. The summed E-state index contributed by atoms with van der Waals surface area (Å²) in [6, 6.07) is 7.25. The molecule has 1 aliphatic carbocycles. The zero-order chi connectivity index (χ0) is 29.5. The molecule has 0 radical (unpaired) electrons. The van der Waals surface area contributed by atoms with Crippen LogP contribution in [0.1, 0.15) is 25.7 Å². The summed E-state index contributed by atoms with van der Waals surface area (Å²) < 4.78 is 10.7. The van der Waals surface area contributed by atoms with Crippen molar-refractivity contribution in [3.05, 3.63) is 53.6 Å². The first-order valence-corrected chi connectivity index (χ1v) is 13.5. The number of guanidine groups is 1. The summed E-state index contributed by atoms with van der Waals surface area (Å²) in [5.41, 5.74) is 18.8. The first-order chi connectivity index (χ1) is 19.8. The lowest BCUT2D eigenvalue weighted by atomic mass is 9.96. The first kappa shape index (κ1) is 29.3. The van der Waals surface area contributed by atoms with Crippen molar-refractivity contribution in [3.63, 3.8) is 0 Å². The van der Waals surface area contributed by atoms with E-state index in [1.165, 1.54) is 31.5 Å². The normalized spacial score (nSPS) is 21.1. The quantitative estimate of drug-likeness (QED) is 0.201. The Kier molecular flexibility index (Phi) is 9.36. The van der Waals surface area contributed by atoms with Gasteiger partial charge in [0.15, 0.2) is 0 Å². The lowest BCUT2D eigenvalue weighted by molar-refractivity contribution is -0.128. The minimum atomic E-state index is -0.968. The largest absolute Gasteiger partial charge is 0.497 e. The molecule has 3 aliphatic rings. The summed E-state index contributed by atoms with van der Waals surface area (Å²) in [5, 5.41) is 15.7. The summed E-state index contributed by atoms with van der Waals surface area (Å²) >= 11 is 0. The number of allylic oxidation sites excluding steroid dienone is 1. The van der Waals surface area contributed by atoms with Crippen molar-refractivity contribution in [2.45, 2.75) is 31.8 Å².